The number of rotatable bonds is 1. The van der Waals surface area contributed by atoms with Crippen molar-refractivity contribution in [3.63, 3.8) is 0 Å². The maximum atomic E-state index is 9.30. The zero-order valence-corrected chi connectivity index (χ0v) is 7.33. The summed E-state index contributed by atoms with van der Waals surface area (Å²) in [5.41, 5.74) is -0.195. The number of aliphatic hydroxyl groups is 1. The van der Waals surface area contributed by atoms with E-state index in [-0.39, 0.29) is 11.7 Å². The maximum absolute atomic E-state index is 9.30. The van der Waals surface area contributed by atoms with E-state index in [2.05, 4.69) is 0 Å². The first-order valence-electron chi connectivity index (χ1n) is 3.93. The Balaban J connectivity index is 2.37. The highest BCUT2D eigenvalue weighted by Crippen LogP contribution is 2.17. The van der Waals surface area contributed by atoms with E-state index in [4.69, 9.17) is 9.47 Å². The standard InChI is InChI=1S/C8H16O3/c1-8(2,3)11-7-5-10-4-6(7)9/h6-7,9H,4-5H2,1-3H3. The van der Waals surface area contributed by atoms with Gasteiger partial charge in [-0.15, -0.1) is 0 Å². The smallest absolute Gasteiger partial charge is 0.110 e. The van der Waals surface area contributed by atoms with Crippen molar-refractivity contribution in [2.24, 2.45) is 0 Å². The summed E-state index contributed by atoms with van der Waals surface area (Å²) in [7, 11) is 0. The van der Waals surface area contributed by atoms with Gasteiger partial charge in [0, 0.05) is 0 Å². The molecule has 0 amide bonds. The van der Waals surface area contributed by atoms with E-state index in [1.54, 1.807) is 0 Å². The zero-order chi connectivity index (χ0) is 8.48. The fourth-order valence-electron chi connectivity index (χ4n) is 1.09. The van der Waals surface area contributed by atoms with Gasteiger partial charge in [-0.25, -0.2) is 0 Å². The Labute approximate surface area is 67.3 Å². The van der Waals surface area contributed by atoms with Gasteiger partial charge >= 0.3 is 0 Å². The Bertz CT molecular complexity index is 128. The van der Waals surface area contributed by atoms with E-state index >= 15 is 0 Å². The van der Waals surface area contributed by atoms with Crippen LogP contribution >= 0.6 is 0 Å². The van der Waals surface area contributed by atoms with Gasteiger partial charge in [0.25, 0.3) is 0 Å². The molecule has 2 atom stereocenters. The van der Waals surface area contributed by atoms with Crippen LogP contribution in [-0.4, -0.2) is 36.1 Å². The second-order valence-electron chi connectivity index (χ2n) is 3.87. The zero-order valence-electron chi connectivity index (χ0n) is 7.33. The molecule has 1 aliphatic heterocycles. The second kappa shape index (κ2) is 3.09. The first-order valence-corrected chi connectivity index (χ1v) is 3.93. The molecule has 1 saturated heterocycles. The van der Waals surface area contributed by atoms with Crippen molar-refractivity contribution in [1.29, 1.82) is 0 Å². The fraction of sp³-hybridized carbons (Fsp3) is 1.00. The monoisotopic (exact) mass is 160 g/mol. The van der Waals surface area contributed by atoms with Crippen LogP contribution in [0.25, 0.3) is 0 Å². The van der Waals surface area contributed by atoms with Crippen molar-refractivity contribution in [3.05, 3.63) is 0 Å². The number of ether oxygens (including phenoxy) is 2. The molecule has 2 unspecified atom stereocenters. The van der Waals surface area contributed by atoms with Gasteiger partial charge in [-0.1, -0.05) is 0 Å². The molecule has 0 saturated carbocycles. The highest BCUT2D eigenvalue weighted by Gasteiger charge is 2.30. The largest absolute Gasteiger partial charge is 0.388 e. The van der Waals surface area contributed by atoms with E-state index < -0.39 is 6.10 Å². The lowest BCUT2D eigenvalue weighted by Crippen LogP contribution is -2.34. The SMILES string of the molecule is CC(C)(C)OC1COCC1O. The average molecular weight is 160 g/mol. The van der Waals surface area contributed by atoms with Crippen molar-refractivity contribution in [1.82, 2.24) is 0 Å². The topological polar surface area (TPSA) is 38.7 Å². The minimum absolute atomic E-state index is 0.144. The Morgan fingerprint density at radius 3 is 2.36 bits per heavy atom. The third-order valence-electron chi connectivity index (χ3n) is 1.50. The minimum atomic E-state index is -0.450. The Hall–Kier alpha value is -0.120. The van der Waals surface area contributed by atoms with Gasteiger partial charge in [0.2, 0.25) is 0 Å². The molecular formula is C8H16O3. The molecule has 1 fully saturated rings. The van der Waals surface area contributed by atoms with Crippen molar-refractivity contribution in [3.8, 4) is 0 Å². The van der Waals surface area contributed by atoms with E-state index in [1.165, 1.54) is 0 Å². The summed E-state index contributed by atoms with van der Waals surface area (Å²) in [6, 6.07) is 0. The minimum Gasteiger partial charge on any atom is -0.388 e. The molecular weight excluding hydrogens is 144 g/mol. The molecule has 1 aliphatic rings. The Morgan fingerprint density at radius 2 is 2.00 bits per heavy atom. The molecule has 3 heteroatoms. The summed E-state index contributed by atoms with van der Waals surface area (Å²) in [6.07, 6.45) is -0.593. The normalized spacial score (nSPS) is 32.7. The average Bonchev–Trinajstić information content (AvgIpc) is 2.12. The molecule has 11 heavy (non-hydrogen) atoms. The van der Waals surface area contributed by atoms with Crippen molar-refractivity contribution in [2.45, 2.75) is 38.6 Å². The van der Waals surface area contributed by atoms with Crippen molar-refractivity contribution in [2.75, 3.05) is 13.2 Å². The van der Waals surface area contributed by atoms with Gasteiger partial charge < -0.3 is 14.6 Å². The summed E-state index contributed by atoms with van der Waals surface area (Å²) in [5.74, 6) is 0. The number of hydrogen-bond acceptors (Lipinski definition) is 3. The molecule has 3 nitrogen and oxygen atoms in total. The molecule has 1 rings (SSSR count). The Kier molecular flexibility index (Phi) is 2.52. The molecule has 0 aromatic rings. The van der Waals surface area contributed by atoms with Crippen LogP contribution in [0.2, 0.25) is 0 Å². The van der Waals surface area contributed by atoms with Crippen LogP contribution in [0.4, 0.5) is 0 Å². The highest BCUT2D eigenvalue weighted by atomic mass is 16.6. The molecule has 1 heterocycles. The summed E-state index contributed by atoms with van der Waals surface area (Å²) in [6.45, 7) is 6.83. The molecule has 0 aliphatic carbocycles. The highest BCUT2D eigenvalue weighted by molar-refractivity contribution is 4.77. The predicted molar refractivity (Wildman–Crippen MR) is 41.5 cm³/mol. The van der Waals surface area contributed by atoms with E-state index in [9.17, 15) is 5.11 Å². The predicted octanol–water partition coefficient (Wildman–Crippen LogP) is 0.561. The van der Waals surface area contributed by atoms with Crippen LogP contribution in [-0.2, 0) is 9.47 Å². The first-order chi connectivity index (χ1) is 4.99. The molecule has 0 aromatic heterocycles. The summed E-state index contributed by atoms with van der Waals surface area (Å²) in [5, 5.41) is 9.30. The van der Waals surface area contributed by atoms with Gasteiger partial charge in [-0.3, -0.25) is 0 Å². The first kappa shape index (κ1) is 8.97. The van der Waals surface area contributed by atoms with Gasteiger partial charge in [0.15, 0.2) is 0 Å². The van der Waals surface area contributed by atoms with Gasteiger partial charge in [0.05, 0.1) is 18.8 Å². The van der Waals surface area contributed by atoms with Crippen LogP contribution < -0.4 is 0 Å². The van der Waals surface area contributed by atoms with Gasteiger partial charge in [-0.2, -0.15) is 0 Å². The lowest BCUT2D eigenvalue weighted by Gasteiger charge is -2.25. The molecule has 0 radical (unpaired) electrons. The van der Waals surface area contributed by atoms with Gasteiger partial charge in [0.1, 0.15) is 12.2 Å². The van der Waals surface area contributed by atoms with Crippen LogP contribution in [0.5, 0.6) is 0 Å². The van der Waals surface area contributed by atoms with Crippen LogP contribution in [0.15, 0.2) is 0 Å². The summed E-state index contributed by atoms with van der Waals surface area (Å²) < 4.78 is 10.6. The third kappa shape index (κ3) is 2.77. The van der Waals surface area contributed by atoms with E-state index in [0.29, 0.717) is 13.2 Å². The summed E-state index contributed by atoms with van der Waals surface area (Å²) in [4.78, 5) is 0. The molecule has 0 spiro atoms. The molecule has 0 aromatic carbocycles. The lowest BCUT2D eigenvalue weighted by atomic mass is 10.1. The molecule has 0 bridgehead atoms. The number of hydrogen-bond donors (Lipinski definition) is 1. The lowest BCUT2D eigenvalue weighted by molar-refractivity contribution is -0.0925. The Morgan fingerprint density at radius 1 is 1.36 bits per heavy atom. The third-order valence-corrected chi connectivity index (χ3v) is 1.50. The molecule has 66 valence electrons. The van der Waals surface area contributed by atoms with E-state index in [0.717, 1.165) is 0 Å². The summed E-state index contributed by atoms with van der Waals surface area (Å²) >= 11 is 0. The second-order valence-corrected chi connectivity index (χ2v) is 3.87. The van der Waals surface area contributed by atoms with Crippen LogP contribution in [0, 0.1) is 0 Å². The van der Waals surface area contributed by atoms with E-state index in [1.807, 2.05) is 20.8 Å². The quantitative estimate of drug-likeness (QED) is 0.609. The van der Waals surface area contributed by atoms with Gasteiger partial charge in [-0.05, 0) is 20.8 Å². The number of aliphatic hydroxyl groups excluding tert-OH is 1. The van der Waals surface area contributed by atoms with Crippen LogP contribution in [0.3, 0.4) is 0 Å². The molecule has 1 N–H and O–H groups in total. The van der Waals surface area contributed by atoms with Crippen molar-refractivity contribution < 1.29 is 14.6 Å². The van der Waals surface area contributed by atoms with Crippen LogP contribution in [0.1, 0.15) is 20.8 Å². The fourth-order valence-corrected chi connectivity index (χ4v) is 1.09. The maximum Gasteiger partial charge on any atom is 0.110 e. The van der Waals surface area contributed by atoms with Crippen molar-refractivity contribution >= 4 is 0 Å².